The van der Waals surface area contributed by atoms with Gasteiger partial charge in [-0.15, -0.1) is 0 Å². The van der Waals surface area contributed by atoms with Gasteiger partial charge < -0.3 is 15.4 Å². The van der Waals surface area contributed by atoms with Gasteiger partial charge in [-0.1, -0.05) is 6.92 Å². The second kappa shape index (κ2) is 8.08. The minimum Gasteiger partial charge on any atom is -0.381 e. The van der Waals surface area contributed by atoms with E-state index in [0.717, 1.165) is 45.2 Å². The summed E-state index contributed by atoms with van der Waals surface area (Å²) in [6, 6.07) is 0. The zero-order chi connectivity index (χ0) is 10.9. The van der Waals surface area contributed by atoms with Gasteiger partial charge in [0.05, 0.1) is 0 Å². The Hall–Kier alpha value is -0.120. The number of hydrogen-bond donors (Lipinski definition) is 2. The van der Waals surface area contributed by atoms with E-state index in [9.17, 15) is 0 Å². The Morgan fingerprint density at radius 3 is 2.80 bits per heavy atom. The Balaban J connectivity index is 1.72. The summed E-state index contributed by atoms with van der Waals surface area (Å²) >= 11 is 0. The predicted molar refractivity (Wildman–Crippen MR) is 64.1 cm³/mol. The molecule has 2 N–H and O–H groups in total. The summed E-state index contributed by atoms with van der Waals surface area (Å²) in [6.07, 6.45) is 3.92. The van der Waals surface area contributed by atoms with Gasteiger partial charge in [0.1, 0.15) is 0 Å². The monoisotopic (exact) mass is 214 g/mol. The van der Waals surface area contributed by atoms with Gasteiger partial charge in [-0.05, 0) is 57.8 Å². The van der Waals surface area contributed by atoms with Crippen LogP contribution < -0.4 is 10.6 Å². The average Bonchev–Trinajstić information content (AvgIpc) is 3.00. The van der Waals surface area contributed by atoms with Gasteiger partial charge >= 0.3 is 0 Å². The van der Waals surface area contributed by atoms with Gasteiger partial charge in [-0.25, -0.2) is 0 Å². The van der Waals surface area contributed by atoms with E-state index in [4.69, 9.17) is 4.74 Å². The normalized spacial score (nSPS) is 18.0. The van der Waals surface area contributed by atoms with E-state index in [-0.39, 0.29) is 0 Å². The molecule has 0 saturated heterocycles. The first-order valence-corrected chi connectivity index (χ1v) is 6.26. The van der Waals surface area contributed by atoms with Crippen LogP contribution in [0.25, 0.3) is 0 Å². The van der Waals surface area contributed by atoms with Crippen LogP contribution in [-0.2, 0) is 4.74 Å². The fourth-order valence-electron chi connectivity index (χ4n) is 1.60. The maximum Gasteiger partial charge on any atom is 0.0494 e. The molecule has 0 spiro atoms. The van der Waals surface area contributed by atoms with Crippen LogP contribution in [0, 0.1) is 11.8 Å². The summed E-state index contributed by atoms with van der Waals surface area (Å²) < 4.78 is 5.56. The third-order valence-corrected chi connectivity index (χ3v) is 2.74. The van der Waals surface area contributed by atoms with Crippen LogP contribution in [0.3, 0.4) is 0 Å². The number of rotatable bonds is 10. The summed E-state index contributed by atoms with van der Waals surface area (Å²) in [5.41, 5.74) is 0. The number of ether oxygens (including phenoxy) is 1. The Kier molecular flexibility index (Phi) is 6.98. The van der Waals surface area contributed by atoms with E-state index < -0.39 is 0 Å². The molecule has 0 aliphatic heterocycles. The Morgan fingerprint density at radius 1 is 1.33 bits per heavy atom. The highest BCUT2D eigenvalue weighted by Gasteiger charge is 2.20. The van der Waals surface area contributed by atoms with Crippen LogP contribution in [0.1, 0.15) is 26.2 Å². The van der Waals surface area contributed by atoms with Gasteiger partial charge in [0.15, 0.2) is 0 Å². The molecule has 1 unspecified atom stereocenters. The average molecular weight is 214 g/mol. The van der Waals surface area contributed by atoms with E-state index in [1.54, 1.807) is 0 Å². The summed E-state index contributed by atoms with van der Waals surface area (Å²) in [4.78, 5) is 0. The molecule has 1 fully saturated rings. The lowest BCUT2D eigenvalue weighted by molar-refractivity contribution is 0.122. The van der Waals surface area contributed by atoms with E-state index in [1.807, 2.05) is 7.05 Å². The molecule has 1 aliphatic rings. The molecule has 0 aromatic rings. The molecule has 1 saturated carbocycles. The van der Waals surface area contributed by atoms with Crippen LogP contribution in [0.15, 0.2) is 0 Å². The molecule has 0 bridgehead atoms. The van der Waals surface area contributed by atoms with Crippen molar-refractivity contribution < 1.29 is 4.74 Å². The second-order valence-electron chi connectivity index (χ2n) is 4.74. The molecule has 3 nitrogen and oxygen atoms in total. The van der Waals surface area contributed by atoms with Crippen LogP contribution in [0.4, 0.5) is 0 Å². The zero-order valence-electron chi connectivity index (χ0n) is 10.2. The lowest BCUT2D eigenvalue weighted by Gasteiger charge is -2.11. The van der Waals surface area contributed by atoms with Crippen LogP contribution in [0.5, 0.6) is 0 Å². The third-order valence-electron chi connectivity index (χ3n) is 2.74. The molecular formula is C12H26N2O. The van der Waals surface area contributed by atoms with E-state index in [1.165, 1.54) is 12.8 Å². The first kappa shape index (κ1) is 12.9. The van der Waals surface area contributed by atoms with Crippen molar-refractivity contribution in [2.75, 3.05) is 39.9 Å². The van der Waals surface area contributed by atoms with Crippen molar-refractivity contribution in [3.8, 4) is 0 Å². The Morgan fingerprint density at radius 2 is 2.13 bits per heavy atom. The van der Waals surface area contributed by atoms with Crippen molar-refractivity contribution in [3.63, 3.8) is 0 Å². The molecule has 15 heavy (non-hydrogen) atoms. The minimum absolute atomic E-state index is 0.711. The Bertz CT molecular complexity index is 149. The van der Waals surface area contributed by atoms with Crippen molar-refractivity contribution in [1.82, 2.24) is 10.6 Å². The fraction of sp³-hybridized carbons (Fsp3) is 1.00. The van der Waals surface area contributed by atoms with Crippen molar-refractivity contribution in [2.45, 2.75) is 26.2 Å². The highest BCUT2D eigenvalue weighted by atomic mass is 16.5. The molecule has 0 heterocycles. The summed E-state index contributed by atoms with van der Waals surface area (Å²) in [5.74, 6) is 1.61. The lowest BCUT2D eigenvalue weighted by atomic mass is 10.2. The molecule has 0 aromatic carbocycles. The SMILES string of the molecule is CNCC(C)CNCCCOCC1CC1. The molecular weight excluding hydrogens is 188 g/mol. The molecule has 1 rings (SSSR count). The van der Waals surface area contributed by atoms with Gasteiger partial charge in [0, 0.05) is 13.2 Å². The van der Waals surface area contributed by atoms with Crippen LogP contribution in [0.2, 0.25) is 0 Å². The van der Waals surface area contributed by atoms with Crippen molar-refractivity contribution in [3.05, 3.63) is 0 Å². The molecule has 90 valence electrons. The lowest BCUT2D eigenvalue weighted by Crippen LogP contribution is -2.28. The topological polar surface area (TPSA) is 33.3 Å². The summed E-state index contributed by atoms with van der Waals surface area (Å²) in [7, 11) is 2.00. The van der Waals surface area contributed by atoms with Crippen molar-refractivity contribution in [2.24, 2.45) is 11.8 Å². The standard InChI is InChI=1S/C12H26N2O/c1-11(8-13-2)9-14-6-3-7-15-10-12-4-5-12/h11-14H,3-10H2,1-2H3. The highest BCUT2D eigenvalue weighted by Crippen LogP contribution is 2.28. The molecule has 1 atom stereocenters. The smallest absolute Gasteiger partial charge is 0.0494 e. The van der Waals surface area contributed by atoms with Gasteiger partial charge in [0.2, 0.25) is 0 Å². The maximum absolute atomic E-state index is 5.56. The number of hydrogen-bond acceptors (Lipinski definition) is 3. The van der Waals surface area contributed by atoms with Crippen LogP contribution >= 0.6 is 0 Å². The minimum atomic E-state index is 0.711. The first-order chi connectivity index (χ1) is 7.33. The summed E-state index contributed by atoms with van der Waals surface area (Å²) in [5, 5.41) is 6.64. The largest absolute Gasteiger partial charge is 0.381 e. The van der Waals surface area contributed by atoms with Gasteiger partial charge in [-0.2, -0.15) is 0 Å². The molecule has 3 heteroatoms. The Labute approximate surface area is 94.0 Å². The van der Waals surface area contributed by atoms with Gasteiger partial charge in [-0.3, -0.25) is 0 Å². The molecule has 1 aliphatic carbocycles. The number of nitrogens with one attached hydrogen (secondary N) is 2. The summed E-state index contributed by atoms with van der Waals surface area (Å²) in [6.45, 7) is 7.44. The van der Waals surface area contributed by atoms with Crippen molar-refractivity contribution >= 4 is 0 Å². The van der Waals surface area contributed by atoms with E-state index in [2.05, 4.69) is 17.6 Å². The molecule has 0 amide bonds. The quantitative estimate of drug-likeness (QED) is 0.537. The van der Waals surface area contributed by atoms with E-state index in [0.29, 0.717) is 5.92 Å². The first-order valence-electron chi connectivity index (χ1n) is 6.26. The van der Waals surface area contributed by atoms with E-state index >= 15 is 0 Å². The third kappa shape index (κ3) is 7.77. The predicted octanol–water partition coefficient (Wildman–Crippen LogP) is 1.25. The second-order valence-corrected chi connectivity index (χ2v) is 4.74. The maximum atomic E-state index is 5.56. The zero-order valence-corrected chi connectivity index (χ0v) is 10.2. The van der Waals surface area contributed by atoms with Gasteiger partial charge in [0.25, 0.3) is 0 Å². The van der Waals surface area contributed by atoms with Crippen molar-refractivity contribution in [1.29, 1.82) is 0 Å². The highest BCUT2D eigenvalue weighted by molar-refractivity contribution is 4.71. The molecule has 0 radical (unpaired) electrons. The molecule has 0 aromatic heterocycles. The fourth-order valence-corrected chi connectivity index (χ4v) is 1.60. The van der Waals surface area contributed by atoms with Crippen LogP contribution in [-0.4, -0.2) is 39.9 Å².